The molecule has 25 heavy (non-hydrogen) atoms. The molecule has 9 nitrogen and oxygen atoms in total. The van der Waals surface area contributed by atoms with Crippen molar-refractivity contribution < 1.29 is 4.79 Å². The molecule has 0 saturated carbocycles. The van der Waals surface area contributed by atoms with Gasteiger partial charge in [0.15, 0.2) is 0 Å². The number of fused-ring (bicyclic) bond motifs is 1. The Morgan fingerprint density at radius 2 is 2.32 bits per heavy atom. The minimum atomic E-state index is -0.0826. The standard InChI is InChI=1S/C15H24N8OS/c1-10(2)7-22-3-4-23-12(8-22)5-11(21-23)6-17-13(24)9-25-15-18-14(16)19-20-15/h5,10H,3-4,6-9H2,1-2H3,(H,17,24)(H3,16,18,19,20). The van der Waals surface area contributed by atoms with Gasteiger partial charge in [-0.05, 0) is 12.0 Å². The topological polar surface area (TPSA) is 118 Å². The number of rotatable bonds is 7. The van der Waals surface area contributed by atoms with Crippen molar-refractivity contribution in [3.8, 4) is 0 Å². The number of nitrogens with two attached hydrogens (primary N) is 1. The molecule has 136 valence electrons. The third-order valence-corrected chi connectivity index (χ3v) is 4.68. The molecule has 0 radical (unpaired) electrons. The van der Waals surface area contributed by atoms with E-state index in [4.69, 9.17) is 5.73 Å². The highest BCUT2D eigenvalue weighted by Crippen LogP contribution is 2.15. The third-order valence-electron chi connectivity index (χ3n) is 3.83. The summed E-state index contributed by atoms with van der Waals surface area (Å²) in [5, 5.41) is 14.4. The summed E-state index contributed by atoms with van der Waals surface area (Å²) in [6.07, 6.45) is 0. The van der Waals surface area contributed by atoms with Crippen molar-refractivity contribution in [2.24, 2.45) is 5.92 Å². The highest BCUT2D eigenvalue weighted by atomic mass is 32.2. The number of nitrogens with zero attached hydrogens (tertiary/aromatic N) is 5. The summed E-state index contributed by atoms with van der Waals surface area (Å²) in [6.45, 7) is 8.84. The van der Waals surface area contributed by atoms with Gasteiger partial charge in [0.2, 0.25) is 17.0 Å². The van der Waals surface area contributed by atoms with Crippen LogP contribution in [0, 0.1) is 5.92 Å². The zero-order chi connectivity index (χ0) is 17.8. The molecule has 4 N–H and O–H groups in total. The maximum atomic E-state index is 11.9. The minimum absolute atomic E-state index is 0.0826. The Kier molecular flexibility index (Phi) is 5.59. The lowest BCUT2D eigenvalue weighted by atomic mass is 10.2. The Labute approximate surface area is 150 Å². The summed E-state index contributed by atoms with van der Waals surface area (Å²) in [6, 6.07) is 2.08. The van der Waals surface area contributed by atoms with Gasteiger partial charge in [-0.2, -0.15) is 10.1 Å². The molecular weight excluding hydrogens is 340 g/mol. The van der Waals surface area contributed by atoms with Crippen LogP contribution in [0.3, 0.4) is 0 Å². The highest BCUT2D eigenvalue weighted by molar-refractivity contribution is 7.99. The van der Waals surface area contributed by atoms with Gasteiger partial charge in [-0.15, -0.1) is 5.10 Å². The number of nitrogen functional groups attached to an aromatic ring is 1. The Bertz CT molecular complexity index is 725. The van der Waals surface area contributed by atoms with E-state index >= 15 is 0 Å². The molecule has 1 aliphatic heterocycles. The van der Waals surface area contributed by atoms with Gasteiger partial charge in [0.1, 0.15) is 0 Å². The van der Waals surface area contributed by atoms with E-state index < -0.39 is 0 Å². The van der Waals surface area contributed by atoms with E-state index in [1.54, 1.807) is 0 Å². The molecule has 0 bridgehead atoms. The molecule has 3 rings (SSSR count). The predicted molar refractivity (Wildman–Crippen MR) is 95.7 cm³/mol. The summed E-state index contributed by atoms with van der Waals surface area (Å²) in [7, 11) is 0. The summed E-state index contributed by atoms with van der Waals surface area (Å²) in [4.78, 5) is 18.3. The Hall–Kier alpha value is -2.07. The van der Waals surface area contributed by atoms with Crippen LogP contribution in [-0.2, 0) is 24.4 Å². The molecule has 1 amide bonds. The Balaban J connectivity index is 1.46. The zero-order valence-electron chi connectivity index (χ0n) is 14.5. The number of aromatic nitrogens is 5. The van der Waals surface area contributed by atoms with Crippen LogP contribution < -0.4 is 11.1 Å². The lowest BCUT2D eigenvalue weighted by molar-refractivity contribution is -0.118. The molecule has 0 aliphatic carbocycles. The monoisotopic (exact) mass is 364 g/mol. The first-order valence-corrected chi connectivity index (χ1v) is 9.33. The lowest BCUT2D eigenvalue weighted by Crippen LogP contribution is -2.36. The molecule has 0 fully saturated rings. The number of hydrogen-bond acceptors (Lipinski definition) is 7. The number of anilines is 1. The number of hydrogen-bond donors (Lipinski definition) is 3. The van der Waals surface area contributed by atoms with E-state index in [9.17, 15) is 4.79 Å². The fraction of sp³-hybridized carbons (Fsp3) is 0.600. The van der Waals surface area contributed by atoms with Gasteiger partial charge in [0, 0.05) is 19.6 Å². The van der Waals surface area contributed by atoms with Crippen molar-refractivity contribution in [1.82, 2.24) is 35.2 Å². The van der Waals surface area contributed by atoms with Gasteiger partial charge < -0.3 is 11.1 Å². The molecule has 2 aromatic heterocycles. The molecule has 0 saturated heterocycles. The zero-order valence-corrected chi connectivity index (χ0v) is 15.3. The first-order chi connectivity index (χ1) is 12.0. The number of carbonyl (C=O) groups excluding carboxylic acids is 1. The molecule has 0 atom stereocenters. The second-order valence-corrected chi connectivity index (χ2v) is 7.49. The normalized spacial score (nSPS) is 14.7. The summed E-state index contributed by atoms with van der Waals surface area (Å²) in [5.41, 5.74) is 7.55. The van der Waals surface area contributed by atoms with Crippen LogP contribution >= 0.6 is 11.8 Å². The van der Waals surface area contributed by atoms with Gasteiger partial charge >= 0.3 is 0 Å². The van der Waals surface area contributed by atoms with Crippen molar-refractivity contribution in [2.45, 2.75) is 38.6 Å². The number of carbonyl (C=O) groups is 1. The van der Waals surface area contributed by atoms with E-state index in [2.05, 4.69) is 50.4 Å². The van der Waals surface area contributed by atoms with Gasteiger partial charge in [0.25, 0.3) is 0 Å². The maximum absolute atomic E-state index is 11.9. The Morgan fingerprint density at radius 1 is 1.48 bits per heavy atom. The summed E-state index contributed by atoms with van der Waals surface area (Å²) >= 11 is 1.24. The number of aromatic amines is 1. The van der Waals surface area contributed by atoms with E-state index in [1.165, 1.54) is 17.5 Å². The van der Waals surface area contributed by atoms with E-state index in [-0.39, 0.29) is 17.6 Å². The second-order valence-electron chi connectivity index (χ2n) is 6.55. The average Bonchev–Trinajstić information content (AvgIpc) is 3.15. The van der Waals surface area contributed by atoms with Crippen LogP contribution in [0.2, 0.25) is 0 Å². The quantitative estimate of drug-likeness (QED) is 0.611. The molecule has 10 heteroatoms. The molecule has 0 unspecified atom stereocenters. The van der Waals surface area contributed by atoms with Crippen molar-refractivity contribution in [1.29, 1.82) is 0 Å². The van der Waals surface area contributed by atoms with E-state index in [0.29, 0.717) is 17.6 Å². The largest absolute Gasteiger partial charge is 0.368 e. The SMILES string of the molecule is CC(C)CN1CCn2nc(CNC(=O)CSc3n[nH]c(N)n3)cc2C1. The first kappa shape index (κ1) is 17.7. The molecule has 3 heterocycles. The van der Waals surface area contributed by atoms with Gasteiger partial charge in [-0.3, -0.25) is 14.4 Å². The molecule has 2 aromatic rings. The lowest BCUT2D eigenvalue weighted by Gasteiger charge is -2.28. The van der Waals surface area contributed by atoms with Gasteiger partial charge in [0.05, 0.1) is 30.2 Å². The van der Waals surface area contributed by atoms with Crippen molar-refractivity contribution >= 4 is 23.6 Å². The van der Waals surface area contributed by atoms with Crippen LogP contribution in [-0.4, -0.2) is 54.6 Å². The van der Waals surface area contributed by atoms with E-state index in [1.807, 2.05) is 4.68 Å². The van der Waals surface area contributed by atoms with Gasteiger partial charge in [-0.25, -0.2) is 5.10 Å². The summed E-state index contributed by atoms with van der Waals surface area (Å²) < 4.78 is 2.05. The van der Waals surface area contributed by atoms with Crippen LogP contribution in [0.5, 0.6) is 0 Å². The third kappa shape index (κ3) is 4.95. The minimum Gasteiger partial charge on any atom is -0.368 e. The highest BCUT2D eigenvalue weighted by Gasteiger charge is 2.19. The van der Waals surface area contributed by atoms with Crippen molar-refractivity contribution in [3.63, 3.8) is 0 Å². The molecule has 0 aromatic carbocycles. The van der Waals surface area contributed by atoms with Crippen molar-refractivity contribution in [2.75, 3.05) is 24.6 Å². The van der Waals surface area contributed by atoms with Crippen LogP contribution in [0.1, 0.15) is 25.2 Å². The van der Waals surface area contributed by atoms with Crippen LogP contribution in [0.15, 0.2) is 11.2 Å². The smallest absolute Gasteiger partial charge is 0.230 e. The fourth-order valence-electron chi connectivity index (χ4n) is 2.83. The van der Waals surface area contributed by atoms with E-state index in [0.717, 1.165) is 31.9 Å². The number of H-pyrrole nitrogens is 1. The molecule has 0 spiro atoms. The van der Waals surface area contributed by atoms with Crippen LogP contribution in [0.25, 0.3) is 0 Å². The molecular formula is C15H24N8OS. The Morgan fingerprint density at radius 3 is 3.04 bits per heavy atom. The fourth-order valence-corrected chi connectivity index (χ4v) is 3.47. The van der Waals surface area contributed by atoms with Gasteiger partial charge in [-0.1, -0.05) is 25.6 Å². The predicted octanol–water partition coefficient (Wildman–Crippen LogP) is 0.464. The maximum Gasteiger partial charge on any atom is 0.230 e. The summed E-state index contributed by atoms with van der Waals surface area (Å²) in [5.74, 6) is 1.07. The second kappa shape index (κ2) is 7.87. The van der Waals surface area contributed by atoms with Crippen LogP contribution in [0.4, 0.5) is 5.95 Å². The molecule has 1 aliphatic rings. The number of amides is 1. The average molecular weight is 364 g/mol. The number of nitrogens with one attached hydrogen (secondary N) is 2. The first-order valence-electron chi connectivity index (χ1n) is 8.35. The number of thioether (sulfide) groups is 1. The van der Waals surface area contributed by atoms with Crippen molar-refractivity contribution in [3.05, 3.63) is 17.5 Å².